The number of nitro benzene ring substituents is 1. The van der Waals surface area contributed by atoms with Crippen LogP contribution >= 0.6 is 0 Å². The lowest BCUT2D eigenvalue weighted by atomic mass is 9.56. The molecule has 2 atom stereocenters. The van der Waals surface area contributed by atoms with Gasteiger partial charge in [-0.1, -0.05) is 13.8 Å². The fourth-order valence-corrected chi connectivity index (χ4v) is 3.84. The molecule has 1 fully saturated rings. The van der Waals surface area contributed by atoms with E-state index in [9.17, 15) is 18.5 Å². The summed E-state index contributed by atoms with van der Waals surface area (Å²) in [4.78, 5) is 10.0. The minimum absolute atomic E-state index is 0.0846. The van der Waals surface area contributed by atoms with Crippen LogP contribution in [0, 0.1) is 15.5 Å². The van der Waals surface area contributed by atoms with Crippen LogP contribution in [0.15, 0.2) is 23.1 Å². The molecule has 1 aliphatic rings. The Hall–Kier alpha value is -1.67. The molecule has 1 N–H and O–H groups in total. The Morgan fingerprint density at radius 2 is 1.96 bits per heavy atom. The van der Waals surface area contributed by atoms with Crippen LogP contribution in [0.2, 0.25) is 0 Å². The summed E-state index contributed by atoms with van der Waals surface area (Å²) in [5.74, 6) is 0. The Balaban J connectivity index is 2.32. The summed E-state index contributed by atoms with van der Waals surface area (Å²) >= 11 is 0. The zero-order valence-corrected chi connectivity index (χ0v) is 14.7. The van der Waals surface area contributed by atoms with Crippen molar-refractivity contribution in [1.82, 2.24) is 0 Å². The Morgan fingerprint density at radius 3 is 2.39 bits per heavy atom. The first-order valence-corrected chi connectivity index (χ1v) is 9.12. The Labute approximate surface area is 136 Å². The first-order valence-electron chi connectivity index (χ1n) is 7.22. The van der Waals surface area contributed by atoms with E-state index in [1.54, 1.807) is 7.11 Å². The molecule has 0 spiro atoms. The lowest BCUT2D eigenvalue weighted by Gasteiger charge is -2.59. The fourth-order valence-electron chi connectivity index (χ4n) is 2.98. The Morgan fingerprint density at radius 1 is 1.35 bits per heavy atom. The van der Waals surface area contributed by atoms with Gasteiger partial charge in [-0.25, -0.2) is 8.42 Å². The molecule has 1 aromatic rings. The predicted octanol–water partition coefficient (Wildman–Crippen LogP) is 2.61. The van der Waals surface area contributed by atoms with Gasteiger partial charge in [0.1, 0.15) is 4.90 Å². The molecule has 7 nitrogen and oxygen atoms in total. The molecule has 2 unspecified atom stereocenters. The van der Waals surface area contributed by atoms with E-state index in [4.69, 9.17) is 4.74 Å². The second-order valence-corrected chi connectivity index (χ2v) is 8.75. The van der Waals surface area contributed by atoms with E-state index in [0.29, 0.717) is 5.69 Å². The number of nitrogens with one attached hydrogen (secondary N) is 1. The standard InChI is InChI=1S/C15H22N2O5S/c1-14(2)13(9-15(14,3)22-4)16-10-6-7-11(17(18)19)12(8-10)23(5,20)21/h6-8,13,16H,9H2,1-5H3. The van der Waals surface area contributed by atoms with Gasteiger partial charge in [0.25, 0.3) is 5.69 Å². The molecule has 0 bridgehead atoms. The molecule has 0 aliphatic heterocycles. The smallest absolute Gasteiger partial charge is 0.288 e. The number of methoxy groups -OCH3 is 1. The number of sulfone groups is 1. The van der Waals surface area contributed by atoms with Gasteiger partial charge in [0, 0.05) is 36.6 Å². The first kappa shape index (κ1) is 17.7. The molecule has 8 heteroatoms. The normalized spacial score (nSPS) is 26.4. The van der Waals surface area contributed by atoms with Crippen LogP contribution in [0.1, 0.15) is 27.2 Å². The third-order valence-corrected chi connectivity index (χ3v) is 6.30. The molecule has 0 heterocycles. The predicted molar refractivity (Wildman–Crippen MR) is 87.4 cm³/mol. The number of nitrogens with zero attached hydrogens (tertiary/aromatic N) is 1. The number of hydrogen-bond donors (Lipinski definition) is 1. The highest BCUT2D eigenvalue weighted by atomic mass is 32.2. The van der Waals surface area contributed by atoms with Gasteiger partial charge >= 0.3 is 0 Å². The highest BCUT2D eigenvalue weighted by Gasteiger charge is 2.57. The Bertz CT molecular complexity index is 744. The molecule has 0 radical (unpaired) electrons. The van der Waals surface area contributed by atoms with E-state index in [1.807, 2.05) is 6.92 Å². The zero-order valence-electron chi connectivity index (χ0n) is 13.9. The summed E-state index contributed by atoms with van der Waals surface area (Å²) < 4.78 is 29.2. The summed E-state index contributed by atoms with van der Waals surface area (Å²) in [6.07, 6.45) is 1.73. The van der Waals surface area contributed by atoms with E-state index in [1.165, 1.54) is 18.2 Å². The summed E-state index contributed by atoms with van der Waals surface area (Å²) in [6, 6.07) is 4.17. The van der Waals surface area contributed by atoms with Crippen molar-refractivity contribution in [2.45, 2.75) is 43.7 Å². The second kappa shape index (κ2) is 5.45. The number of ether oxygens (including phenoxy) is 1. The summed E-state index contributed by atoms with van der Waals surface area (Å²) in [5.41, 5.74) is -0.278. The number of hydrogen-bond acceptors (Lipinski definition) is 6. The number of anilines is 1. The van der Waals surface area contributed by atoms with Gasteiger partial charge in [0.15, 0.2) is 9.84 Å². The van der Waals surface area contributed by atoms with E-state index < -0.39 is 20.4 Å². The topological polar surface area (TPSA) is 98.5 Å². The summed E-state index contributed by atoms with van der Waals surface area (Å²) in [6.45, 7) is 6.17. The average Bonchev–Trinajstić information content (AvgIpc) is 2.45. The van der Waals surface area contributed by atoms with Crippen LogP contribution in [0.4, 0.5) is 11.4 Å². The maximum absolute atomic E-state index is 11.8. The second-order valence-electron chi connectivity index (χ2n) is 6.77. The maximum atomic E-state index is 11.8. The van der Waals surface area contributed by atoms with Crippen molar-refractivity contribution < 1.29 is 18.1 Å². The monoisotopic (exact) mass is 342 g/mol. The van der Waals surface area contributed by atoms with Crippen molar-refractivity contribution in [3.63, 3.8) is 0 Å². The highest BCUT2D eigenvalue weighted by Crippen LogP contribution is 2.52. The lowest BCUT2D eigenvalue weighted by Crippen LogP contribution is -2.65. The number of nitro groups is 1. The molecular formula is C15H22N2O5S. The fraction of sp³-hybridized carbons (Fsp3) is 0.600. The molecule has 128 valence electrons. The van der Waals surface area contributed by atoms with Crippen molar-refractivity contribution in [2.75, 3.05) is 18.7 Å². The van der Waals surface area contributed by atoms with Crippen molar-refractivity contribution in [2.24, 2.45) is 5.41 Å². The largest absolute Gasteiger partial charge is 0.382 e. The van der Waals surface area contributed by atoms with Gasteiger partial charge in [0.2, 0.25) is 0 Å². The van der Waals surface area contributed by atoms with Crippen molar-refractivity contribution in [3.8, 4) is 0 Å². The van der Waals surface area contributed by atoms with Gasteiger partial charge in [-0.15, -0.1) is 0 Å². The molecule has 0 amide bonds. The third-order valence-electron chi connectivity index (χ3n) is 5.18. The van der Waals surface area contributed by atoms with Gasteiger partial charge in [-0.05, 0) is 25.5 Å². The molecule has 0 aromatic heterocycles. The van der Waals surface area contributed by atoms with Crippen LogP contribution in [-0.4, -0.2) is 38.3 Å². The summed E-state index contributed by atoms with van der Waals surface area (Å²) in [7, 11) is -2.02. The molecular weight excluding hydrogens is 320 g/mol. The lowest BCUT2D eigenvalue weighted by molar-refractivity contribution is -0.387. The minimum atomic E-state index is -3.69. The molecule has 1 aliphatic carbocycles. The van der Waals surface area contributed by atoms with E-state index in [-0.39, 0.29) is 22.0 Å². The van der Waals surface area contributed by atoms with Crippen LogP contribution in [0.3, 0.4) is 0 Å². The average molecular weight is 342 g/mol. The number of rotatable bonds is 5. The highest BCUT2D eigenvalue weighted by molar-refractivity contribution is 7.90. The van der Waals surface area contributed by atoms with Crippen LogP contribution in [-0.2, 0) is 14.6 Å². The first-order chi connectivity index (χ1) is 10.4. The zero-order chi connectivity index (χ0) is 17.6. The molecule has 0 saturated heterocycles. The van der Waals surface area contributed by atoms with Crippen molar-refractivity contribution in [3.05, 3.63) is 28.3 Å². The van der Waals surface area contributed by atoms with Gasteiger partial charge < -0.3 is 10.1 Å². The van der Waals surface area contributed by atoms with Crippen LogP contribution in [0.25, 0.3) is 0 Å². The maximum Gasteiger partial charge on any atom is 0.288 e. The molecule has 1 aromatic carbocycles. The SMILES string of the molecule is COC1(C)CC(Nc2ccc([N+](=O)[O-])c(S(C)(=O)=O)c2)C1(C)C. The minimum Gasteiger partial charge on any atom is -0.382 e. The van der Waals surface area contributed by atoms with E-state index >= 15 is 0 Å². The molecule has 23 heavy (non-hydrogen) atoms. The third kappa shape index (κ3) is 2.92. The van der Waals surface area contributed by atoms with Gasteiger partial charge in [-0.2, -0.15) is 0 Å². The van der Waals surface area contributed by atoms with Crippen LogP contribution in [0.5, 0.6) is 0 Å². The van der Waals surface area contributed by atoms with Gasteiger partial charge in [-0.3, -0.25) is 10.1 Å². The van der Waals surface area contributed by atoms with Crippen LogP contribution < -0.4 is 5.32 Å². The Kier molecular flexibility index (Phi) is 4.19. The van der Waals surface area contributed by atoms with Crippen molar-refractivity contribution in [1.29, 1.82) is 0 Å². The molecule has 1 saturated carbocycles. The quantitative estimate of drug-likeness (QED) is 0.652. The number of benzene rings is 1. The van der Waals surface area contributed by atoms with Crippen molar-refractivity contribution >= 4 is 21.2 Å². The van der Waals surface area contributed by atoms with E-state index in [0.717, 1.165) is 12.7 Å². The van der Waals surface area contributed by atoms with E-state index in [2.05, 4.69) is 19.2 Å². The summed E-state index contributed by atoms with van der Waals surface area (Å²) in [5, 5.41) is 14.3. The van der Waals surface area contributed by atoms with Gasteiger partial charge in [0.05, 0.1) is 10.5 Å². The molecule has 2 rings (SSSR count).